The molecule has 0 saturated heterocycles. The van der Waals surface area contributed by atoms with Crippen LogP contribution < -0.4 is 19.3 Å². The van der Waals surface area contributed by atoms with Crippen LogP contribution in [-0.2, 0) is 16.6 Å². The highest BCUT2D eigenvalue weighted by molar-refractivity contribution is 7.92. The SMILES string of the molecule is COc1ccc(CN(c2ccon2)S(=O)(=O)c2ccc3c(ccc(=O)n3-c3cc(C)c([C@@H]4C[C@H]4C(F)(F)F)cc3OC)c2)cc1. The molecule has 1 aliphatic carbocycles. The second-order valence-electron chi connectivity index (χ2n) is 10.8. The number of nitrogens with zero attached hydrogens (tertiary/aromatic N) is 3. The smallest absolute Gasteiger partial charge is 0.392 e. The molecule has 234 valence electrons. The van der Waals surface area contributed by atoms with Gasteiger partial charge in [-0.15, -0.1) is 0 Å². The highest BCUT2D eigenvalue weighted by Crippen LogP contribution is 2.57. The van der Waals surface area contributed by atoms with Crippen molar-refractivity contribution in [3.63, 3.8) is 0 Å². The maximum Gasteiger partial charge on any atom is 0.392 e. The van der Waals surface area contributed by atoms with E-state index in [0.29, 0.717) is 39.0 Å². The van der Waals surface area contributed by atoms with Crippen molar-refractivity contribution >= 4 is 26.7 Å². The Morgan fingerprint density at radius 1 is 1.00 bits per heavy atom. The van der Waals surface area contributed by atoms with Crippen LogP contribution in [0.3, 0.4) is 0 Å². The van der Waals surface area contributed by atoms with Crippen LogP contribution in [0.5, 0.6) is 11.5 Å². The van der Waals surface area contributed by atoms with Gasteiger partial charge in [0.25, 0.3) is 15.6 Å². The lowest BCUT2D eigenvalue weighted by atomic mass is 10.0. The Morgan fingerprint density at radius 3 is 2.38 bits per heavy atom. The molecule has 0 unspecified atom stereocenters. The van der Waals surface area contributed by atoms with Gasteiger partial charge in [0.15, 0.2) is 5.82 Å². The number of fused-ring (bicyclic) bond motifs is 1. The van der Waals surface area contributed by atoms with Gasteiger partial charge in [-0.25, -0.2) is 12.7 Å². The quantitative estimate of drug-likeness (QED) is 0.185. The van der Waals surface area contributed by atoms with E-state index < -0.39 is 33.6 Å². The molecule has 1 saturated carbocycles. The van der Waals surface area contributed by atoms with Crippen LogP contribution in [0.15, 0.2) is 93.3 Å². The number of halogens is 3. The molecule has 0 amide bonds. The van der Waals surface area contributed by atoms with Crippen molar-refractivity contribution < 1.29 is 35.6 Å². The van der Waals surface area contributed by atoms with Crippen LogP contribution >= 0.6 is 0 Å². The number of rotatable bonds is 9. The van der Waals surface area contributed by atoms with Gasteiger partial charge >= 0.3 is 6.18 Å². The maximum atomic E-state index is 14.0. The minimum Gasteiger partial charge on any atom is -0.497 e. The summed E-state index contributed by atoms with van der Waals surface area (Å²) in [6.45, 7) is 1.65. The second-order valence-corrected chi connectivity index (χ2v) is 12.7. The molecular formula is C32H28F3N3O6S. The number of ether oxygens (including phenoxy) is 2. The average molecular weight is 640 g/mol. The number of pyridine rings is 1. The largest absolute Gasteiger partial charge is 0.497 e. The zero-order chi connectivity index (χ0) is 32.1. The summed E-state index contributed by atoms with van der Waals surface area (Å²) in [7, 11) is -1.27. The fourth-order valence-corrected chi connectivity index (χ4v) is 7.04. The number of alkyl halides is 3. The monoisotopic (exact) mass is 639 g/mol. The van der Waals surface area contributed by atoms with Gasteiger partial charge in [0.2, 0.25) is 0 Å². The Hall–Kier alpha value is -4.78. The molecule has 2 aromatic heterocycles. The maximum absolute atomic E-state index is 14.0. The molecular weight excluding hydrogens is 611 g/mol. The van der Waals surface area contributed by atoms with Crippen molar-refractivity contribution in [3.05, 3.63) is 106 Å². The fraction of sp³-hybridized carbons (Fsp3) is 0.250. The Bertz CT molecular complexity index is 2040. The number of anilines is 1. The van der Waals surface area contributed by atoms with Crippen molar-refractivity contribution in [1.29, 1.82) is 0 Å². The standard InChI is InChI=1S/C32H28F3N3O6S/c1-19-14-28(29(43-3)17-24(19)25-16-26(25)32(33,34)35)38-27-10-9-23(15-21(27)6-11-31(38)39)45(40,41)37(30-12-13-44-36-30)18-20-4-7-22(42-2)8-5-20/h4-15,17,25-26H,16,18H2,1-3H3/t25-,26+/m0/s1. The first kappa shape index (κ1) is 30.3. The Morgan fingerprint density at radius 2 is 1.76 bits per heavy atom. The summed E-state index contributed by atoms with van der Waals surface area (Å²) < 4.78 is 86.2. The molecule has 0 bridgehead atoms. The highest BCUT2D eigenvalue weighted by Gasteiger charge is 2.56. The molecule has 2 heterocycles. The first-order valence-corrected chi connectivity index (χ1v) is 15.3. The van der Waals surface area contributed by atoms with E-state index in [1.807, 2.05) is 0 Å². The molecule has 3 aromatic carbocycles. The van der Waals surface area contributed by atoms with E-state index in [4.69, 9.17) is 14.0 Å². The third kappa shape index (κ3) is 5.63. The zero-order valence-electron chi connectivity index (χ0n) is 24.4. The third-order valence-electron chi connectivity index (χ3n) is 8.04. The summed E-state index contributed by atoms with van der Waals surface area (Å²) in [5.41, 5.74) is 2.08. The van der Waals surface area contributed by atoms with Crippen LogP contribution in [0, 0.1) is 12.8 Å². The summed E-state index contributed by atoms with van der Waals surface area (Å²) in [6, 6.07) is 18.7. The van der Waals surface area contributed by atoms with Gasteiger partial charge in [0.1, 0.15) is 17.8 Å². The second kappa shape index (κ2) is 11.3. The summed E-state index contributed by atoms with van der Waals surface area (Å²) in [5.74, 6) is -1.15. The predicted molar refractivity (Wildman–Crippen MR) is 161 cm³/mol. The molecule has 0 N–H and O–H groups in total. The molecule has 45 heavy (non-hydrogen) atoms. The highest BCUT2D eigenvalue weighted by atomic mass is 32.2. The Balaban J connectivity index is 1.41. The van der Waals surface area contributed by atoms with Crippen molar-refractivity contribution in [3.8, 4) is 17.2 Å². The van der Waals surface area contributed by atoms with E-state index in [-0.39, 0.29) is 29.4 Å². The van der Waals surface area contributed by atoms with Gasteiger partial charge in [-0.05, 0) is 84.5 Å². The topological polar surface area (TPSA) is 104 Å². The van der Waals surface area contributed by atoms with Crippen LogP contribution in [0.2, 0.25) is 0 Å². The number of aromatic nitrogens is 2. The van der Waals surface area contributed by atoms with Crippen LogP contribution in [-0.4, -0.2) is 38.5 Å². The van der Waals surface area contributed by atoms with Gasteiger partial charge in [-0.3, -0.25) is 9.36 Å². The minimum atomic E-state index is -4.29. The van der Waals surface area contributed by atoms with Gasteiger partial charge < -0.3 is 14.0 Å². The first-order chi connectivity index (χ1) is 21.4. The van der Waals surface area contributed by atoms with E-state index >= 15 is 0 Å². The Labute approximate surface area is 256 Å². The average Bonchev–Trinajstić information content (AvgIpc) is 3.66. The van der Waals surface area contributed by atoms with Gasteiger partial charge in [0, 0.05) is 17.5 Å². The summed E-state index contributed by atoms with van der Waals surface area (Å²) in [6.07, 6.45) is -3.01. The van der Waals surface area contributed by atoms with Gasteiger partial charge in [0.05, 0.1) is 42.8 Å². The number of sulfonamides is 1. The normalized spacial score (nSPS) is 16.5. The first-order valence-electron chi connectivity index (χ1n) is 13.9. The Kier molecular flexibility index (Phi) is 7.59. The summed E-state index contributed by atoms with van der Waals surface area (Å²) in [4.78, 5) is 13.2. The van der Waals surface area contributed by atoms with Gasteiger partial charge in [-0.2, -0.15) is 13.2 Å². The molecule has 9 nitrogen and oxygen atoms in total. The molecule has 0 radical (unpaired) electrons. The molecule has 0 spiro atoms. The van der Waals surface area contributed by atoms with E-state index in [9.17, 15) is 26.4 Å². The van der Waals surface area contributed by atoms with E-state index in [0.717, 1.165) is 4.31 Å². The van der Waals surface area contributed by atoms with E-state index in [2.05, 4.69) is 5.16 Å². The summed E-state index contributed by atoms with van der Waals surface area (Å²) in [5, 5.41) is 4.29. The molecule has 13 heteroatoms. The zero-order valence-corrected chi connectivity index (χ0v) is 25.2. The number of benzene rings is 3. The van der Waals surface area contributed by atoms with Crippen molar-refractivity contribution in [2.45, 2.75) is 36.9 Å². The van der Waals surface area contributed by atoms with Crippen LogP contribution in [0.1, 0.15) is 29.0 Å². The van der Waals surface area contributed by atoms with Crippen molar-refractivity contribution in [2.75, 3.05) is 18.5 Å². The molecule has 1 fully saturated rings. The molecule has 6 rings (SSSR count). The third-order valence-corrected chi connectivity index (χ3v) is 9.78. The van der Waals surface area contributed by atoms with Crippen LogP contribution in [0.4, 0.5) is 19.0 Å². The lowest BCUT2D eigenvalue weighted by molar-refractivity contribution is -0.148. The minimum absolute atomic E-state index is 0.00211. The number of aryl methyl sites for hydroxylation is 1. The number of hydrogen-bond donors (Lipinski definition) is 0. The molecule has 1 aliphatic rings. The molecule has 0 aliphatic heterocycles. The summed E-state index contributed by atoms with van der Waals surface area (Å²) >= 11 is 0. The predicted octanol–water partition coefficient (Wildman–Crippen LogP) is 6.37. The number of methoxy groups -OCH3 is 2. The van der Waals surface area contributed by atoms with Crippen molar-refractivity contribution in [2.24, 2.45) is 5.92 Å². The van der Waals surface area contributed by atoms with E-state index in [1.54, 1.807) is 43.3 Å². The van der Waals surface area contributed by atoms with Crippen LogP contribution in [0.25, 0.3) is 16.6 Å². The molecule has 2 atom stereocenters. The van der Waals surface area contributed by atoms with Crippen molar-refractivity contribution in [1.82, 2.24) is 9.72 Å². The lowest BCUT2D eigenvalue weighted by Gasteiger charge is -2.22. The molecule has 5 aromatic rings. The number of hydrogen-bond acceptors (Lipinski definition) is 7. The lowest BCUT2D eigenvalue weighted by Crippen LogP contribution is -2.31. The van der Waals surface area contributed by atoms with E-state index in [1.165, 1.54) is 61.4 Å². The van der Waals surface area contributed by atoms with Gasteiger partial charge in [-0.1, -0.05) is 17.3 Å². The fourth-order valence-electron chi connectivity index (χ4n) is 5.61.